The molecule has 15 heavy (non-hydrogen) atoms. The lowest BCUT2D eigenvalue weighted by Crippen LogP contribution is -2.14. The van der Waals surface area contributed by atoms with Crippen LogP contribution in [0.2, 0.25) is 0 Å². The topological polar surface area (TPSA) is 21.3 Å². The predicted octanol–water partition coefficient (Wildman–Crippen LogP) is 2.97. The van der Waals surface area contributed by atoms with Crippen LogP contribution in [-0.4, -0.2) is 13.2 Å². The molecule has 1 aromatic carbocycles. The summed E-state index contributed by atoms with van der Waals surface area (Å²) in [6.07, 6.45) is 2.47. The molecule has 0 aromatic heterocycles. The van der Waals surface area contributed by atoms with E-state index in [-0.39, 0.29) is 0 Å². The highest BCUT2D eigenvalue weighted by Crippen LogP contribution is 2.17. The predicted molar refractivity (Wildman–Crippen MR) is 64.2 cm³/mol. The SMILES string of the molecule is CCC(CC)Oc1cccc(CNC)c1. The number of nitrogens with one attached hydrogen (secondary N) is 1. The second kappa shape index (κ2) is 6.46. The Morgan fingerprint density at radius 1 is 1.27 bits per heavy atom. The fourth-order valence-corrected chi connectivity index (χ4v) is 1.58. The van der Waals surface area contributed by atoms with Gasteiger partial charge < -0.3 is 10.1 Å². The van der Waals surface area contributed by atoms with E-state index in [2.05, 4.69) is 31.3 Å². The molecule has 1 aromatic rings. The van der Waals surface area contributed by atoms with Gasteiger partial charge in [0.25, 0.3) is 0 Å². The van der Waals surface area contributed by atoms with Gasteiger partial charge in [0.15, 0.2) is 0 Å². The van der Waals surface area contributed by atoms with Crippen LogP contribution < -0.4 is 10.1 Å². The van der Waals surface area contributed by atoms with Crippen molar-refractivity contribution in [3.8, 4) is 5.75 Å². The van der Waals surface area contributed by atoms with E-state index in [0.29, 0.717) is 6.10 Å². The van der Waals surface area contributed by atoms with Crippen molar-refractivity contribution in [1.82, 2.24) is 5.32 Å². The zero-order valence-electron chi connectivity index (χ0n) is 9.92. The monoisotopic (exact) mass is 207 g/mol. The highest BCUT2D eigenvalue weighted by atomic mass is 16.5. The molecule has 0 saturated heterocycles. The Labute approximate surface area is 92.6 Å². The molecule has 0 radical (unpaired) electrons. The lowest BCUT2D eigenvalue weighted by Gasteiger charge is -2.16. The first-order valence-corrected chi connectivity index (χ1v) is 5.70. The molecule has 1 N–H and O–H groups in total. The van der Waals surface area contributed by atoms with Gasteiger partial charge in [-0.2, -0.15) is 0 Å². The third kappa shape index (κ3) is 3.92. The van der Waals surface area contributed by atoms with Gasteiger partial charge in [0.2, 0.25) is 0 Å². The van der Waals surface area contributed by atoms with Crippen LogP contribution in [0.3, 0.4) is 0 Å². The van der Waals surface area contributed by atoms with Crippen molar-refractivity contribution in [3.05, 3.63) is 29.8 Å². The molecule has 0 aliphatic carbocycles. The molecule has 2 nitrogen and oxygen atoms in total. The molecule has 0 unspecified atom stereocenters. The number of hydrogen-bond acceptors (Lipinski definition) is 2. The number of benzene rings is 1. The molecular weight excluding hydrogens is 186 g/mol. The van der Waals surface area contributed by atoms with Crippen molar-refractivity contribution in [2.45, 2.75) is 39.3 Å². The van der Waals surface area contributed by atoms with E-state index in [9.17, 15) is 0 Å². The van der Waals surface area contributed by atoms with Crippen molar-refractivity contribution in [2.24, 2.45) is 0 Å². The first kappa shape index (κ1) is 12.1. The first-order valence-electron chi connectivity index (χ1n) is 5.70. The molecule has 0 aliphatic rings. The largest absolute Gasteiger partial charge is 0.490 e. The van der Waals surface area contributed by atoms with Gasteiger partial charge in [-0.15, -0.1) is 0 Å². The summed E-state index contributed by atoms with van der Waals surface area (Å²) < 4.78 is 5.87. The standard InChI is InChI=1S/C13H21NO/c1-4-12(5-2)15-13-8-6-7-11(9-13)10-14-3/h6-9,12,14H,4-5,10H2,1-3H3. The molecule has 0 amide bonds. The maximum atomic E-state index is 5.87. The molecule has 0 bridgehead atoms. The van der Waals surface area contributed by atoms with Gasteiger partial charge in [-0.05, 0) is 37.6 Å². The van der Waals surface area contributed by atoms with Crippen LogP contribution in [0.5, 0.6) is 5.75 Å². The molecular formula is C13H21NO. The van der Waals surface area contributed by atoms with Gasteiger partial charge in [0.1, 0.15) is 5.75 Å². The molecule has 1 rings (SSSR count). The third-order valence-corrected chi connectivity index (χ3v) is 2.49. The summed E-state index contributed by atoms with van der Waals surface area (Å²) >= 11 is 0. The van der Waals surface area contributed by atoms with Crippen LogP contribution in [0.4, 0.5) is 0 Å². The average molecular weight is 207 g/mol. The fraction of sp³-hybridized carbons (Fsp3) is 0.538. The van der Waals surface area contributed by atoms with Gasteiger partial charge in [-0.25, -0.2) is 0 Å². The van der Waals surface area contributed by atoms with Crippen molar-refractivity contribution in [2.75, 3.05) is 7.05 Å². The van der Waals surface area contributed by atoms with Crippen LogP contribution >= 0.6 is 0 Å². The number of rotatable bonds is 6. The molecule has 0 spiro atoms. The fourth-order valence-electron chi connectivity index (χ4n) is 1.58. The Bertz CT molecular complexity index is 282. The summed E-state index contributed by atoms with van der Waals surface area (Å²) in [6.45, 7) is 5.21. The molecule has 84 valence electrons. The lowest BCUT2D eigenvalue weighted by molar-refractivity contribution is 0.192. The zero-order valence-corrected chi connectivity index (χ0v) is 9.92. The lowest BCUT2D eigenvalue weighted by atomic mass is 10.2. The van der Waals surface area contributed by atoms with Crippen LogP contribution in [0.1, 0.15) is 32.3 Å². The van der Waals surface area contributed by atoms with Crippen molar-refractivity contribution in [3.63, 3.8) is 0 Å². The van der Waals surface area contributed by atoms with E-state index in [1.165, 1.54) is 5.56 Å². The van der Waals surface area contributed by atoms with Crippen LogP contribution in [0, 0.1) is 0 Å². The maximum absolute atomic E-state index is 5.87. The second-order valence-corrected chi connectivity index (χ2v) is 3.73. The summed E-state index contributed by atoms with van der Waals surface area (Å²) in [5, 5.41) is 3.14. The van der Waals surface area contributed by atoms with Crippen LogP contribution in [0.25, 0.3) is 0 Å². The molecule has 0 atom stereocenters. The minimum absolute atomic E-state index is 0.342. The Morgan fingerprint density at radius 3 is 2.60 bits per heavy atom. The first-order chi connectivity index (χ1) is 7.30. The smallest absolute Gasteiger partial charge is 0.120 e. The van der Waals surface area contributed by atoms with E-state index in [4.69, 9.17) is 4.74 Å². The summed E-state index contributed by atoms with van der Waals surface area (Å²) in [5.41, 5.74) is 1.26. The van der Waals surface area contributed by atoms with E-state index in [1.54, 1.807) is 0 Å². The molecule has 0 saturated carbocycles. The van der Waals surface area contributed by atoms with Crippen molar-refractivity contribution in [1.29, 1.82) is 0 Å². The van der Waals surface area contributed by atoms with Gasteiger partial charge >= 0.3 is 0 Å². The third-order valence-electron chi connectivity index (χ3n) is 2.49. The summed E-state index contributed by atoms with van der Waals surface area (Å²) in [7, 11) is 1.95. The second-order valence-electron chi connectivity index (χ2n) is 3.73. The summed E-state index contributed by atoms with van der Waals surface area (Å²) in [6, 6.07) is 8.28. The van der Waals surface area contributed by atoms with Gasteiger partial charge in [0, 0.05) is 6.54 Å². The summed E-state index contributed by atoms with van der Waals surface area (Å²) in [5.74, 6) is 0.983. The van der Waals surface area contributed by atoms with Crippen LogP contribution in [0.15, 0.2) is 24.3 Å². The number of ether oxygens (including phenoxy) is 1. The Kier molecular flexibility index (Phi) is 5.19. The van der Waals surface area contributed by atoms with Gasteiger partial charge in [-0.3, -0.25) is 0 Å². The number of hydrogen-bond donors (Lipinski definition) is 1. The highest BCUT2D eigenvalue weighted by molar-refractivity contribution is 5.28. The normalized spacial score (nSPS) is 10.7. The van der Waals surface area contributed by atoms with Gasteiger partial charge in [-0.1, -0.05) is 26.0 Å². The van der Waals surface area contributed by atoms with Crippen LogP contribution in [-0.2, 0) is 6.54 Å². The zero-order chi connectivity index (χ0) is 11.1. The molecule has 0 fully saturated rings. The Morgan fingerprint density at radius 2 is 2.00 bits per heavy atom. The Hall–Kier alpha value is -1.02. The Balaban J connectivity index is 2.64. The van der Waals surface area contributed by atoms with E-state index >= 15 is 0 Å². The van der Waals surface area contributed by atoms with Gasteiger partial charge in [0.05, 0.1) is 6.10 Å². The average Bonchev–Trinajstić information content (AvgIpc) is 2.27. The van der Waals surface area contributed by atoms with Crippen molar-refractivity contribution < 1.29 is 4.74 Å². The molecule has 0 aliphatic heterocycles. The van der Waals surface area contributed by atoms with E-state index < -0.39 is 0 Å². The maximum Gasteiger partial charge on any atom is 0.120 e. The minimum Gasteiger partial charge on any atom is -0.490 e. The summed E-state index contributed by atoms with van der Waals surface area (Å²) in [4.78, 5) is 0. The molecule has 0 heterocycles. The van der Waals surface area contributed by atoms with E-state index in [1.807, 2.05) is 19.2 Å². The minimum atomic E-state index is 0.342. The highest BCUT2D eigenvalue weighted by Gasteiger charge is 2.04. The molecule has 2 heteroatoms. The van der Waals surface area contributed by atoms with Crippen molar-refractivity contribution >= 4 is 0 Å². The quantitative estimate of drug-likeness (QED) is 0.774. The van der Waals surface area contributed by atoms with E-state index in [0.717, 1.165) is 25.1 Å².